The van der Waals surface area contributed by atoms with E-state index in [0.29, 0.717) is 10.9 Å². The van der Waals surface area contributed by atoms with Crippen LogP contribution < -0.4 is 5.32 Å². The van der Waals surface area contributed by atoms with Crippen LogP contribution in [0.2, 0.25) is 5.02 Å². The van der Waals surface area contributed by atoms with Gasteiger partial charge in [0.1, 0.15) is 0 Å². The summed E-state index contributed by atoms with van der Waals surface area (Å²) in [5.74, 6) is 0.488. The SMILES string of the molecule is ClCC(Nc1ccnc2cc(Cl)ccc12)c1ccccc1. The van der Waals surface area contributed by atoms with E-state index >= 15 is 0 Å². The van der Waals surface area contributed by atoms with Gasteiger partial charge in [0.25, 0.3) is 0 Å². The zero-order valence-electron chi connectivity index (χ0n) is 11.3. The van der Waals surface area contributed by atoms with Gasteiger partial charge in [0, 0.05) is 28.2 Å². The second kappa shape index (κ2) is 6.33. The van der Waals surface area contributed by atoms with Crippen molar-refractivity contribution < 1.29 is 0 Å². The average molecular weight is 317 g/mol. The average Bonchev–Trinajstić information content (AvgIpc) is 2.53. The van der Waals surface area contributed by atoms with Crippen LogP contribution in [-0.2, 0) is 0 Å². The van der Waals surface area contributed by atoms with Crippen molar-refractivity contribution in [1.82, 2.24) is 4.98 Å². The van der Waals surface area contributed by atoms with Crippen LogP contribution in [0.25, 0.3) is 10.9 Å². The zero-order chi connectivity index (χ0) is 14.7. The molecule has 0 aliphatic rings. The number of nitrogens with one attached hydrogen (secondary N) is 1. The van der Waals surface area contributed by atoms with E-state index in [0.717, 1.165) is 22.2 Å². The summed E-state index contributed by atoms with van der Waals surface area (Å²) in [5.41, 5.74) is 3.03. The molecule has 1 unspecified atom stereocenters. The van der Waals surface area contributed by atoms with E-state index in [4.69, 9.17) is 23.2 Å². The van der Waals surface area contributed by atoms with Gasteiger partial charge < -0.3 is 5.32 Å². The van der Waals surface area contributed by atoms with E-state index in [1.807, 2.05) is 42.5 Å². The molecule has 0 saturated carbocycles. The first-order valence-electron chi connectivity index (χ1n) is 6.69. The second-order valence-electron chi connectivity index (χ2n) is 4.78. The summed E-state index contributed by atoms with van der Waals surface area (Å²) in [4.78, 5) is 4.35. The lowest BCUT2D eigenvalue weighted by atomic mass is 10.1. The molecule has 106 valence electrons. The largest absolute Gasteiger partial charge is 0.376 e. The number of anilines is 1. The predicted octanol–water partition coefficient (Wildman–Crippen LogP) is 5.28. The van der Waals surface area contributed by atoms with Gasteiger partial charge in [-0.1, -0.05) is 41.9 Å². The summed E-state index contributed by atoms with van der Waals surface area (Å²) >= 11 is 12.1. The molecule has 0 spiro atoms. The monoisotopic (exact) mass is 316 g/mol. The first kappa shape index (κ1) is 14.2. The molecule has 0 bridgehead atoms. The van der Waals surface area contributed by atoms with Gasteiger partial charge in [-0.2, -0.15) is 0 Å². The lowest BCUT2D eigenvalue weighted by Gasteiger charge is -2.19. The first-order chi connectivity index (χ1) is 10.3. The summed E-state index contributed by atoms with van der Waals surface area (Å²) < 4.78 is 0. The number of fused-ring (bicyclic) bond motifs is 1. The molecule has 1 N–H and O–H groups in total. The number of aromatic nitrogens is 1. The van der Waals surface area contributed by atoms with Crippen molar-refractivity contribution in [1.29, 1.82) is 0 Å². The number of nitrogens with zero attached hydrogens (tertiary/aromatic N) is 1. The van der Waals surface area contributed by atoms with E-state index in [9.17, 15) is 0 Å². The highest BCUT2D eigenvalue weighted by molar-refractivity contribution is 6.31. The van der Waals surface area contributed by atoms with Crippen LogP contribution in [0.15, 0.2) is 60.8 Å². The smallest absolute Gasteiger partial charge is 0.0737 e. The molecule has 0 saturated heterocycles. The van der Waals surface area contributed by atoms with Crippen LogP contribution >= 0.6 is 23.2 Å². The Morgan fingerprint density at radius 1 is 1.05 bits per heavy atom. The third-order valence-corrected chi connectivity index (χ3v) is 3.93. The Hall–Kier alpha value is -1.77. The number of hydrogen-bond donors (Lipinski definition) is 1. The lowest BCUT2D eigenvalue weighted by Crippen LogP contribution is -2.12. The molecule has 21 heavy (non-hydrogen) atoms. The molecule has 1 heterocycles. The Bertz CT molecular complexity index is 744. The van der Waals surface area contributed by atoms with E-state index < -0.39 is 0 Å². The van der Waals surface area contributed by atoms with Crippen LogP contribution in [0.5, 0.6) is 0 Å². The highest BCUT2D eigenvalue weighted by Crippen LogP contribution is 2.28. The maximum absolute atomic E-state index is 6.13. The molecule has 0 aliphatic carbocycles. The molecule has 0 aliphatic heterocycles. The Kier molecular flexibility index (Phi) is 4.28. The fraction of sp³-hybridized carbons (Fsp3) is 0.118. The first-order valence-corrected chi connectivity index (χ1v) is 7.61. The molecular weight excluding hydrogens is 303 g/mol. The van der Waals surface area contributed by atoms with Gasteiger partial charge in [-0.05, 0) is 29.8 Å². The summed E-state index contributed by atoms with van der Waals surface area (Å²) in [7, 11) is 0. The normalized spacial score (nSPS) is 12.3. The van der Waals surface area contributed by atoms with Crippen molar-refractivity contribution in [2.45, 2.75) is 6.04 Å². The van der Waals surface area contributed by atoms with Crippen molar-refractivity contribution in [3.05, 3.63) is 71.4 Å². The second-order valence-corrected chi connectivity index (χ2v) is 5.53. The van der Waals surface area contributed by atoms with Crippen LogP contribution in [-0.4, -0.2) is 10.9 Å². The minimum absolute atomic E-state index is 0.0501. The number of halogens is 2. The van der Waals surface area contributed by atoms with Crippen LogP contribution in [0.4, 0.5) is 5.69 Å². The standard InChI is InChI=1S/C17H14Cl2N2/c18-11-17(12-4-2-1-3-5-12)21-15-8-9-20-16-10-13(19)6-7-14(15)16/h1-10,17H,11H2,(H,20,21). The van der Waals surface area contributed by atoms with E-state index in [-0.39, 0.29) is 6.04 Å². The Balaban J connectivity index is 1.97. The highest BCUT2D eigenvalue weighted by atomic mass is 35.5. The molecule has 0 amide bonds. The van der Waals surface area contributed by atoms with E-state index in [1.54, 1.807) is 6.20 Å². The quantitative estimate of drug-likeness (QED) is 0.662. The van der Waals surface area contributed by atoms with Gasteiger partial charge in [0.15, 0.2) is 0 Å². The van der Waals surface area contributed by atoms with Gasteiger partial charge in [-0.3, -0.25) is 4.98 Å². The lowest BCUT2D eigenvalue weighted by molar-refractivity contribution is 0.895. The van der Waals surface area contributed by atoms with Crippen LogP contribution in [0, 0.1) is 0 Å². The Labute approximate surface area is 133 Å². The molecule has 2 aromatic carbocycles. The van der Waals surface area contributed by atoms with Gasteiger partial charge in [0.05, 0.1) is 11.6 Å². The Morgan fingerprint density at radius 2 is 1.86 bits per heavy atom. The van der Waals surface area contributed by atoms with Gasteiger partial charge in [0.2, 0.25) is 0 Å². The maximum atomic E-state index is 6.13. The Morgan fingerprint density at radius 3 is 2.62 bits per heavy atom. The van der Waals surface area contributed by atoms with Gasteiger partial charge in [-0.25, -0.2) is 0 Å². The van der Waals surface area contributed by atoms with Crippen molar-refractivity contribution >= 4 is 39.8 Å². The topological polar surface area (TPSA) is 24.9 Å². The minimum Gasteiger partial charge on any atom is -0.376 e. The third kappa shape index (κ3) is 3.12. The zero-order valence-corrected chi connectivity index (χ0v) is 12.8. The summed E-state index contributed by atoms with van der Waals surface area (Å²) in [6.07, 6.45) is 1.78. The molecule has 1 atom stereocenters. The van der Waals surface area contributed by atoms with Crippen LogP contribution in [0.1, 0.15) is 11.6 Å². The maximum Gasteiger partial charge on any atom is 0.0737 e. The fourth-order valence-electron chi connectivity index (χ4n) is 2.33. The summed E-state index contributed by atoms with van der Waals surface area (Å²) in [5, 5.41) is 5.21. The van der Waals surface area contributed by atoms with E-state index in [2.05, 4.69) is 22.4 Å². The fourth-order valence-corrected chi connectivity index (χ4v) is 2.75. The molecular formula is C17H14Cl2N2. The number of rotatable bonds is 4. The molecule has 2 nitrogen and oxygen atoms in total. The number of pyridine rings is 1. The molecule has 0 radical (unpaired) electrons. The summed E-state index contributed by atoms with van der Waals surface area (Å²) in [6.45, 7) is 0. The highest BCUT2D eigenvalue weighted by Gasteiger charge is 2.11. The number of alkyl halides is 1. The van der Waals surface area contributed by atoms with E-state index in [1.165, 1.54) is 0 Å². The number of hydrogen-bond acceptors (Lipinski definition) is 2. The molecule has 4 heteroatoms. The van der Waals surface area contributed by atoms with Crippen molar-refractivity contribution in [3.63, 3.8) is 0 Å². The predicted molar refractivity (Wildman–Crippen MR) is 90.3 cm³/mol. The van der Waals surface area contributed by atoms with Crippen molar-refractivity contribution in [2.75, 3.05) is 11.2 Å². The molecule has 0 fully saturated rings. The summed E-state index contributed by atoms with van der Waals surface area (Å²) in [6, 6.07) is 17.9. The molecule has 3 aromatic rings. The van der Waals surface area contributed by atoms with Gasteiger partial charge in [-0.15, -0.1) is 11.6 Å². The van der Waals surface area contributed by atoms with Crippen molar-refractivity contribution in [3.8, 4) is 0 Å². The van der Waals surface area contributed by atoms with Crippen LogP contribution in [0.3, 0.4) is 0 Å². The third-order valence-electron chi connectivity index (χ3n) is 3.39. The molecule has 1 aromatic heterocycles. The number of benzene rings is 2. The van der Waals surface area contributed by atoms with Gasteiger partial charge >= 0.3 is 0 Å². The molecule has 3 rings (SSSR count). The minimum atomic E-state index is 0.0501. The van der Waals surface area contributed by atoms with Crippen molar-refractivity contribution in [2.24, 2.45) is 0 Å².